The zero-order valence-corrected chi connectivity index (χ0v) is 9.90. The maximum Gasteiger partial charge on any atom is 0.264 e. The van der Waals surface area contributed by atoms with Crippen molar-refractivity contribution in [1.82, 2.24) is 0 Å². The van der Waals surface area contributed by atoms with Gasteiger partial charge in [0.1, 0.15) is 0 Å². The lowest BCUT2D eigenvalue weighted by molar-refractivity contribution is 0.309. The van der Waals surface area contributed by atoms with Gasteiger partial charge in [-0.1, -0.05) is 45.4 Å². The highest BCUT2D eigenvalue weighted by Gasteiger charge is 1.99. The van der Waals surface area contributed by atoms with Gasteiger partial charge >= 0.3 is 0 Å². The second-order valence-electron chi connectivity index (χ2n) is 3.45. The van der Waals surface area contributed by atoms with Crippen LogP contribution in [0.15, 0.2) is 0 Å². The summed E-state index contributed by atoms with van der Waals surface area (Å²) in [5.41, 5.74) is 0. The second kappa shape index (κ2) is 8.24. The SMILES string of the molecule is [2H]C([2H])(CCCCCCCC)OS(C)(=O)=O. The van der Waals surface area contributed by atoms with Gasteiger partial charge in [0.25, 0.3) is 10.1 Å². The van der Waals surface area contributed by atoms with Gasteiger partial charge in [0.15, 0.2) is 0 Å². The van der Waals surface area contributed by atoms with E-state index < -0.39 is 16.7 Å². The topological polar surface area (TPSA) is 43.4 Å². The first kappa shape index (κ1) is 10.4. The summed E-state index contributed by atoms with van der Waals surface area (Å²) in [5.74, 6) is 0. The quantitative estimate of drug-likeness (QED) is 0.447. The third-order valence-electron chi connectivity index (χ3n) is 1.84. The van der Waals surface area contributed by atoms with Crippen molar-refractivity contribution >= 4 is 10.1 Å². The van der Waals surface area contributed by atoms with Gasteiger partial charge in [-0.25, -0.2) is 0 Å². The highest BCUT2D eigenvalue weighted by molar-refractivity contribution is 7.85. The Hall–Kier alpha value is -0.0900. The van der Waals surface area contributed by atoms with Gasteiger partial charge in [-0.3, -0.25) is 4.18 Å². The molecule has 4 heteroatoms. The van der Waals surface area contributed by atoms with Crippen LogP contribution in [0.4, 0.5) is 0 Å². The molecule has 86 valence electrons. The zero-order chi connectivity index (χ0) is 12.7. The molecule has 0 aromatic heterocycles. The minimum Gasteiger partial charge on any atom is -0.270 e. The van der Waals surface area contributed by atoms with Crippen molar-refractivity contribution in [2.75, 3.05) is 12.8 Å². The maximum absolute atomic E-state index is 10.8. The third-order valence-corrected chi connectivity index (χ3v) is 2.26. The lowest BCUT2D eigenvalue weighted by Crippen LogP contribution is -2.03. The molecule has 0 rings (SSSR count). The van der Waals surface area contributed by atoms with E-state index in [1.807, 2.05) is 0 Å². The summed E-state index contributed by atoms with van der Waals surface area (Å²) in [5, 5.41) is 0. The van der Waals surface area contributed by atoms with E-state index in [-0.39, 0.29) is 6.42 Å². The predicted molar refractivity (Wildman–Crippen MR) is 58.8 cm³/mol. The van der Waals surface area contributed by atoms with Crippen molar-refractivity contribution in [3.8, 4) is 0 Å². The van der Waals surface area contributed by atoms with E-state index in [4.69, 9.17) is 2.74 Å². The molecule has 0 aromatic rings. The molecule has 0 aromatic carbocycles. The van der Waals surface area contributed by atoms with Gasteiger partial charge in [0.05, 0.1) is 15.6 Å². The molecule has 0 bridgehead atoms. The summed E-state index contributed by atoms with van der Waals surface area (Å²) in [6, 6.07) is 0. The van der Waals surface area contributed by atoms with Crippen molar-refractivity contribution in [1.29, 1.82) is 0 Å². The third kappa shape index (κ3) is 11.9. The smallest absolute Gasteiger partial charge is 0.264 e. The van der Waals surface area contributed by atoms with E-state index in [0.29, 0.717) is 6.42 Å². The molecule has 0 spiro atoms. The van der Waals surface area contributed by atoms with Crippen molar-refractivity contribution < 1.29 is 15.3 Å². The first-order chi connectivity index (χ1) is 7.27. The van der Waals surface area contributed by atoms with E-state index in [9.17, 15) is 8.42 Å². The Kier molecular flexibility index (Phi) is 6.14. The van der Waals surface area contributed by atoms with Crippen LogP contribution in [0.3, 0.4) is 0 Å². The van der Waals surface area contributed by atoms with Gasteiger partial charge < -0.3 is 0 Å². The first-order valence-electron chi connectivity index (χ1n) is 6.17. The molecule has 3 nitrogen and oxygen atoms in total. The van der Waals surface area contributed by atoms with Crippen LogP contribution < -0.4 is 0 Å². The number of rotatable bonds is 9. The molecule has 14 heavy (non-hydrogen) atoms. The van der Waals surface area contributed by atoms with Crippen LogP contribution in [-0.4, -0.2) is 21.2 Å². The highest BCUT2D eigenvalue weighted by Crippen LogP contribution is 2.07. The first-order valence-corrected chi connectivity index (χ1v) is 6.99. The monoisotopic (exact) mass is 224 g/mol. The Morgan fingerprint density at radius 2 is 1.57 bits per heavy atom. The molecule has 0 fully saturated rings. The van der Waals surface area contributed by atoms with Gasteiger partial charge in [0, 0.05) is 0 Å². The minimum atomic E-state index is -3.71. The lowest BCUT2D eigenvalue weighted by atomic mass is 10.1. The molecule has 0 saturated carbocycles. The Labute approximate surface area is 90.8 Å². The van der Waals surface area contributed by atoms with Crippen molar-refractivity contribution in [2.24, 2.45) is 0 Å². The van der Waals surface area contributed by atoms with E-state index in [1.165, 1.54) is 12.8 Å². The molecular formula is C10H22O3S. The predicted octanol–water partition coefficient (Wildman–Crippen LogP) is 2.71. The molecule has 0 amide bonds. The number of hydrogen-bond acceptors (Lipinski definition) is 3. The van der Waals surface area contributed by atoms with Crippen LogP contribution in [0, 0.1) is 0 Å². The van der Waals surface area contributed by atoms with Crippen molar-refractivity contribution in [2.45, 2.75) is 51.9 Å². The van der Waals surface area contributed by atoms with E-state index in [0.717, 1.165) is 25.5 Å². The van der Waals surface area contributed by atoms with E-state index >= 15 is 0 Å². The summed E-state index contributed by atoms with van der Waals surface area (Å²) in [6.07, 6.45) is 7.19. The van der Waals surface area contributed by atoms with Gasteiger partial charge in [-0.05, 0) is 6.42 Å². The summed E-state index contributed by atoms with van der Waals surface area (Å²) in [7, 11) is -3.71. The number of unbranched alkanes of at least 4 members (excludes halogenated alkanes) is 5. The molecule has 0 radical (unpaired) electrons. The summed E-state index contributed by atoms with van der Waals surface area (Å²) < 4.78 is 40.6. The fourth-order valence-electron chi connectivity index (χ4n) is 1.13. The van der Waals surface area contributed by atoms with Crippen LogP contribution in [0.25, 0.3) is 0 Å². The molecule has 0 aliphatic heterocycles. The molecule has 0 heterocycles. The van der Waals surface area contributed by atoms with Crippen molar-refractivity contribution in [3.05, 3.63) is 0 Å². The summed E-state index contributed by atoms with van der Waals surface area (Å²) in [6.45, 7) is 0.0803. The normalized spacial score (nSPS) is 15.0. The Balaban J connectivity index is 3.66. The Bertz CT molecular complexity index is 276. The minimum absolute atomic E-state index is 0.131. The standard InChI is InChI=1S/C10H22O3S/c1-3-4-5-6-7-8-9-10-13-14(2,11)12/h3-10H2,1-2H3/i10D2. The zero-order valence-electron chi connectivity index (χ0n) is 11.1. The van der Waals surface area contributed by atoms with Gasteiger partial charge in [-0.15, -0.1) is 0 Å². The molecular weight excluding hydrogens is 200 g/mol. The van der Waals surface area contributed by atoms with Gasteiger partial charge in [0.2, 0.25) is 0 Å². The van der Waals surface area contributed by atoms with Crippen LogP contribution in [0.2, 0.25) is 0 Å². The molecule has 0 saturated heterocycles. The van der Waals surface area contributed by atoms with Gasteiger partial charge in [-0.2, -0.15) is 8.42 Å². The van der Waals surface area contributed by atoms with E-state index in [2.05, 4.69) is 11.1 Å². The second-order valence-corrected chi connectivity index (χ2v) is 5.02. The number of hydrogen-bond donors (Lipinski definition) is 0. The fraction of sp³-hybridized carbons (Fsp3) is 1.00. The molecule has 0 N–H and O–H groups in total. The largest absolute Gasteiger partial charge is 0.270 e. The lowest BCUT2D eigenvalue weighted by Gasteiger charge is -2.01. The average molecular weight is 224 g/mol. The van der Waals surface area contributed by atoms with Crippen LogP contribution in [0.1, 0.15) is 54.6 Å². The van der Waals surface area contributed by atoms with Crippen LogP contribution >= 0.6 is 0 Å². The Morgan fingerprint density at radius 1 is 1.07 bits per heavy atom. The molecule has 0 atom stereocenters. The molecule has 0 unspecified atom stereocenters. The average Bonchev–Trinajstić information content (AvgIpc) is 2.06. The summed E-state index contributed by atoms with van der Waals surface area (Å²) >= 11 is 0. The van der Waals surface area contributed by atoms with Crippen molar-refractivity contribution in [3.63, 3.8) is 0 Å². The highest BCUT2D eigenvalue weighted by atomic mass is 32.2. The maximum atomic E-state index is 10.8. The molecule has 0 aliphatic carbocycles. The van der Waals surface area contributed by atoms with E-state index in [1.54, 1.807) is 0 Å². The van der Waals surface area contributed by atoms with Crippen LogP contribution in [-0.2, 0) is 14.3 Å². The summed E-state index contributed by atoms with van der Waals surface area (Å²) in [4.78, 5) is 0. The molecule has 0 aliphatic rings. The Morgan fingerprint density at radius 3 is 2.07 bits per heavy atom. The van der Waals surface area contributed by atoms with Crippen LogP contribution in [0.5, 0.6) is 0 Å². The fourth-order valence-corrected chi connectivity index (χ4v) is 1.42.